The lowest BCUT2D eigenvalue weighted by Crippen LogP contribution is -2.19. The van der Waals surface area contributed by atoms with Gasteiger partial charge in [-0.15, -0.1) is 0 Å². The molecule has 0 amide bonds. The predicted octanol–water partition coefficient (Wildman–Crippen LogP) is 5.36. The smallest absolute Gasteiger partial charge is 0.262 e. The van der Waals surface area contributed by atoms with Gasteiger partial charge in [-0.2, -0.15) is 0 Å². The summed E-state index contributed by atoms with van der Waals surface area (Å²) in [6, 6.07) is 18.2. The lowest BCUT2D eigenvalue weighted by Gasteiger charge is -2.15. The normalized spacial score (nSPS) is 10.8. The van der Waals surface area contributed by atoms with Crippen molar-refractivity contribution in [3.05, 3.63) is 71.8 Å². The van der Waals surface area contributed by atoms with Gasteiger partial charge in [0.1, 0.15) is 11.5 Å². The Morgan fingerprint density at radius 2 is 1.62 bits per heavy atom. The zero-order valence-electron chi connectivity index (χ0n) is 17.4. The van der Waals surface area contributed by atoms with Crippen molar-refractivity contribution in [1.29, 1.82) is 0 Å². The molecule has 0 heterocycles. The number of hydrogen-bond acceptors (Lipinski definition) is 5. The lowest BCUT2D eigenvalue weighted by molar-refractivity contribution is 0.340. The minimum atomic E-state index is -3.83. The van der Waals surface area contributed by atoms with Gasteiger partial charge in [0.25, 0.3) is 10.0 Å². The van der Waals surface area contributed by atoms with Crippen molar-refractivity contribution in [1.82, 2.24) is 0 Å². The maximum Gasteiger partial charge on any atom is 0.262 e. The van der Waals surface area contributed by atoms with Crippen LogP contribution in [0.25, 0.3) is 0 Å². The van der Waals surface area contributed by atoms with Gasteiger partial charge < -0.3 is 20.1 Å². The van der Waals surface area contributed by atoms with Crippen LogP contribution in [-0.2, 0) is 10.0 Å². The van der Waals surface area contributed by atoms with Gasteiger partial charge in [-0.25, -0.2) is 8.42 Å². The third-order valence-electron chi connectivity index (χ3n) is 4.25. The van der Waals surface area contributed by atoms with Crippen LogP contribution < -0.4 is 24.8 Å². The molecule has 0 aliphatic rings. The second-order valence-corrected chi connectivity index (χ2v) is 9.04. The third-order valence-corrected chi connectivity index (χ3v) is 6.09. The van der Waals surface area contributed by atoms with E-state index in [0.717, 1.165) is 5.69 Å². The largest absolute Gasteiger partial charge is 0.495 e. The molecule has 0 radical (unpaired) electrons. The quantitative estimate of drug-likeness (QED) is 0.366. The second kappa shape index (κ2) is 10.5. The van der Waals surface area contributed by atoms with E-state index in [2.05, 4.69) is 15.4 Å². The van der Waals surface area contributed by atoms with Crippen molar-refractivity contribution in [3.63, 3.8) is 0 Å². The van der Waals surface area contributed by atoms with Gasteiger partial charge in [0.2, 0.25) is 0 Å². The summed E-state index contributed by atoms with van der Waals surface area (Å²) in [4.78, 5) is 0.0466. The molecule has 0 atom stereocenters. The summed E-state index contributed by atoms with van der Waals surface area (Å²) in [7, 11) is -2.38. The zero-order valence-corrected chi connectivity index (χ0v) is 19.8. The van der Waals surface area contributed by atoms with Gasteiger partial charge in [0.15, 0.2) is 5.11 Å². The summed E-state index contributed by atoms with van der Waals surface area (Å²) in [5.74, 6) is 0.982. The molecule has 3 N–H and O–H groups in total. The average Bonchev–Trinajstić information content (AvgIpc) is 2.77. The highest BCUT2D eigenvalue weighted by atomic mass is 35.5. The van der Waals surface area contributed by atoms with E-state index in [0.29, 0.717) is 39.6 Å². The minimum Gasteiger partial charge on any atom is -0.495 e. The number of ether oxygens (including phenoxy) is 2. The predicted molar refractivity (Wildman–Crippen MR) is 133 cm³/mol. The Morgan fingerprint density at radius 1 is 0.969 bits per heavy atom. The molecule has 0 aromatic heterocycles. The number of thiocarbonyl (C=S) groups is 1. The van der Waals surface area contributed by atoms with Crippen LogP contribution in [0.5, 0.6) is 11.5 Å². The standard InChI is InChI=1S/C22H22ClN3O4S2/c1-3-30-18-10-8-17(9-11-18)26-32(27,28)19-12-13-20(21(14-19)29-2)25-22(31)24-16-6-4-15(23)5-7-16/h4-14,26H,3H2,1-2H3,(H2,24,25,31). The molecule has 3 rings (SSSR count). The lowest BCUT2D eigenvalue weighted by atomic mass is 10.3. The minimum absolute atomic E-state index is 0.0466. The molecular formula is C22H22ClN3O4S2. The molecule has 0 aliphatic carbocycles. The first-order valence-electron chi connectivity index (χ1n) is 9.58. The van der Waals surface area contributed by atoms with Gasteiger partial charge in [-0.1, -0.05) is 11.6 Å². The van der Waals surface area contributed by atoms with Crippen molar-refractivity contribution < 1.29 is 17.9 Å². The van der Waals surface area contributed by atoms with E-state index >= 15 is 0 Å². The molecule has 0 aliphatic heterocycles. The number of anilines is 3. The Balaban J connectivity index is 1.73. The monoisotopic (exact) mass is 491 g/mol. The second-order valence-electron chi connectivity index (χ2n) is 6.51. The van der Waals surface area contributed by atoms with E-state index in [-0.39, 0.29) is 4.90 Å². The Labute approximate surface area is 197 Å². The number of sulfonamides is 1. The van der Waals surface area contributed by atoms with Crippen LogP contribution in [0.15, 0.2) is 71.6 Å². The van der Waals surface area contributed by atoms with Crippen LogP contribution in [0.1, 0.15) is 6.92 Å². The van der Waals surface area contributed by atoms with E-state index < -0.39 is 10.0 Å². The number of benzene rings is 3. The highest BCUT2D eigenvalue weighted by Gasteiger charge is 2.17. The summed E-state index contributed by atoms with van der Waals surface area (Å²) in [5.41, 5.74) is 1.69. The molecule has 0 spiro atoms. The highest BCUT2D eigenvalue weighted by molar-refractivity contribution is 7.92. The number of hydrogen-bond donors (Lipinski definition) is 3. The molecule has 3 aromatic carbocycles. The maximum atomic E-state index is 12.8. The molecule has 0 saturated heterocycles. The summed E-state index contributed by atoms with van der Waals surface area (Å²) >= 11 is 11.2. The van der Waals surface area contributed by atoms with Gasteiger partial charge >= 0.3 is 0 Å². The van der Waals surface area contributed by atoms with Crippen molar-refractivity contribution in [2.45, 2.75) is 11.8 Å². The van der Waals surface area contributed by atoms with Crippen molar-refractivity contribution >= 4 is 56.0 Å². The van der Waals surface area contributed by atoms with Crippen LogP contribution in [0.2, 0.25) is 5.02 Å². The summed E-state index contributed by atoms with van der Waals surface area (Å²) in [6.07, 6.45) is 0. The summed E-state index contributed by atoms with van der Waals surface area (Å²) in [6.45, 7) is 2.41. The van der Waals surface area contributed by atoms with E-state index in [4.69, 9.17) is 33.3 Å². The Morgan fingerprint density at radius 3 is 2.25 bits per heavy atom. The molecule has 0 bridgehead atoms. The molecule has 0 unspecified atom stereocenters. The van der Waals surface area contributed by atoms with Crippen LogP contribution in [0, 0.1) is 0 Å². The SMILES string of the molecule is CCOc1ccc(NS(=O)(=O)c2ccc(NC(=S)Nc3ccc(Cl)cc3)c(OC)c2)cc1. The van der Waals surface area contributed by atoms with Crippen molar-refractivity contribution in [3.8, 4) is 11.5 Å². The van der Waals surface area contributed by atoms with E-state index in [9.17, 15) is 8.42 Å². The number of methoxy groups -OCH3 is 1. The summed E-state index contributed by atoms with van der Waals surface area (Å²) in [5, 5.41) is 6.96. The maximum absolute atomic E-state index is 12.8. The average molecular weight is 492 g/mol. The van der Waals surface area contributed by atoms with Crippen LogP contribution in [0.3, 0.4) is 0 Å². The van der Waals surface area contributed by atoms with Crippen LogP contribution in [-0.4, -0.2) is 27.2 Å². The molecule has 7 nitrogen and oxygen atoms in total. The molecular weight excluding hydrogens is 470 g/mol. The van der Waals surface area contributed by atoms with Gasteiger partial charge in [-0.05, 0) is 79.8 Å². The zero-order chi connectivity index (χ0) is 23.1. The Kier molecular flexibility index (Phi) is 7.79. The molecule has 0 saturated carbocycles. The first-order chi connectivity index (χ1) is 15.3. The highest BCUT2D eigenvalue weighted by Crippen LogP contribution is 2.29. The van der Waals surface area contributed by atoms with Gasteiger partial charge in [0, 0.05) is 22.5 Å². The topological polar surface area (TPSA) is 88.7 Å². The summed E-state index contributed by atoms with van der Waals surface area (Å²) < 4.78 is 38.9. The van der Waals surface area contributed by atoms with Gasteiger partial charge in [-0.3, -0.25) is 4.72 Å². The van der Waals surface area contributed by atoms with Gasteiger partial charge in [0.05, 0.1) is 24.3 Å². The number of halogens is 1. The fourth-order valence-electron chi connectivity index (χ4n) is 2.76. The van der Waals surface area contributed by atoms with Crippen LogP contribution >= 0.6 is 23.8 Å². The van der Waals surface area contributed by atoms with Crippen LogP contribution in [0.4, 0.5) is 17.1 Å². The molecule has 0 fully saturated rings. The number of rotatable bonds is 8. The van der Waals surface area contributed by atoms with Crippen molar-refractivity contribution in [2.75, 3.05) is 29.1 Å². The fraction of sp³-hybridized carbons (Fsp3) is 0.136. The number of nitrogens with one attached hydrogen (secondary N) is 3. The fourth-order valence-corrected chi connectivity index (χ4v) is 4.19. The first kappa shape index (κ1) is 23.6. The van der Waals surface area contributed by atoms with E-state index in [1.807, 2.05) is 6.92 Å². The molecule has 10 heteroatoms. The Hall–Kier alpha value is -3.01. The third kappa shape index (κ3) is 6.25. The van der Waals surface area contributed by atoms with Crippen molar-refractivity contribution in [2.24, 2.45) is 0 Å². The Bertz CT molecular complexity index is 1180. The molecule has 168 valence electrons. The first-order valence-corrected chi connectivity index (χ1v) is 11.8. The molecule has 3 aromatic rings. The van der Waals surface area contributed by atoms with E-state index in [1.165, 1.54) is 19.2 Å². The molecule has 32 heavy (non-hydrogen) atoms. The van der Waals surface area contributed by atoms with E-state index in [1.54, 1.807) is 54.6 Å².